The number of benzene rings is 3. The largest absolute Gasteiger partial charge is 0.467 e. The first-order chi connectivity index (χ1) is 24.4. The van der Waals surface area contributed by atoms with Crippen molar-refractivity contribution in [2.75, 3.05) is 13.7 Å². The quantitative estimate of drug-likeness (QED) is 0.143. The fraction of sp³-hybridized carbons (Fsp3) is 0.400. The number of amides is 3. The minimum atomic E-state index is -1.15. The van der Waals surface area contributed by atoms with Gasteiger partial charge in [-0.2, -0.15) is 0 Å². The molecule has 0 spiro atoms. The zero-order valence-corrected chi connectivity index (χ0v) is 30.5. The highest BCUT2D eigenvalue weighted by atomic mass is 35.5. The molecule has 1 heterocycles. The van der Waals surface area contributed by atoms with Crippen LogP contribution in [0.1, 0.15) is 50.3 Å². The van der Waals surface area contributed by atoms with Crippen LogP contribution in [0.25, 0.3) is 0 Å². The average molecular weight is 717 g/mol. The molecule has 3 amide bonds. The summed E-state index contributed by atoms with van der Waals surface area (Å²) in [7, 11) is 1.29. The number of nitrogens with zero attached hydrogens (tertiary/aromatic N) is 1. The Hall–Kier alpha value is -4.51. The number of likely N-dealkylation sites (tertiary alicyclic amines) is 1. The predicted octanol–water partition coefficient (Wildman–Crippen LogP) is 4.77. The second kappa shape index (κ2) is 18.6. The minimum absolute atomic E-state index is 0.250. The van der Waals surface area contributed by atoms with Gasteiger partial charge in [0.1, 0.15) is 12.1 Å². The van der Waals surface area contributed by atoms with E-state index in [2.05, 4.69) is 10.6 Å². The average Bonchev–Trinajstić information content (AvgIpc) is 3.60. The molecule has 4 N–H and O–H groups in total. The molecule has 272 valence electrons. The Morgan fingerprint density at radius 1 is 0.961 bits per heavy atom. The topological polar surface area (TPSA) is 140 Å². The van der Waals surface area contributed by atoms with Gasteiger partial charge in [-0.25, -0.2) is 4.79 Å². The molecule has 4 rings (SSSR count). The summed E-state index contributed by atoms with van der Waals surface area (Å²) in [6.45, 7) is 5.83. The maximum Gasteiger partial charge on any atom is 0.328 e. The maximum atomic E-state index is 14.2. The molecule has 0 saturated carbocycles. The summed E-state index contributed by atoms with van der Waals surface area (Å²) in [5.41, 5.74) is 7.34. The van der Waals surface area contributed by atoms with Gasteiger partial charge < -0.3 is 30.7 Å². The van der Waals surface area contributed by atoms with E-state index in [1.165, 1.54) is 7.11 Å². The van der Waals surface area contributed by atoms with Gasteiger partial charge in [0, 0.05) is 18.0 Å². The predicted molar refractivity (Wildman–Crippen MR) is 198 cm³/mol. The number of carbonyl (C=O) groups is 4. The van der Waals surface area contributed by atoms with Gasteiger partial charge >= 0.3 is 5.97 Å². The lowest BCUT2D eigenvalue weighted by atomic mass is 9.81. The normalized spacial score (nSPS) is 17.9. The van der Waals surface area contributed by atoms with E-state index in [1.54, 1.807) is 43.9 Å². The number of nitrogens with one attached hydrogen (secondary N) is 2. The van der Waals surface area contributed by atoms with Crippen LogP contribution in [0.3, 0.4) is 0 Å². The molecule has 0 bridgehead atoms. The van der Waals surface area contributed by atoms with E-state index in [4.69, 9.17) is 26.8 Å². The molecule has 0 aromatic heterocycles. The number of carbonyl (C=O) groups excluding carboxylic acids is 4. The zero-order chi connectivity index (χ0) is 37.0. The second-order valence-corrected chi connectivity index (χ2v) is 13.8. The van der Waals surface area contributed by atoms with Gasteiger partial charge in [0.2, 0.25) is 17.7 Å². The second-order valence-electron chi connectivity index (χ2n) is 13.3. The first-order valence-corrected chi connectivity index (χ1v) is 17.7. The number of ether oxygens (including phenoxy) is 2. The number of halogens is 1. The van der Waals surface area contributed by atoms with Crippen molar-refractivity contribution in [2.45, 2.75) is 83.3 Å². The van der Waals surface area contributed by atoms with Crippen molar-refractivity contribution in [3.63, 3.8) is 0 Å². The van der Waals surface area contributed by atoms with Crippen molar-refractivity contribution in [2.24, 2.45) is 11.1 Å². The Kier molecular flexibility index (Phi) is 14.4. The van der Waals surface area contributed by atoms with Crippen LogP contribution < -0.4 is 16.4 Å². The van der Waals surface area contributed by atoms with Gasteiger partial charge in [0.15, 0.2) is 0 Å². The Bertz CT molecular complexity index is 1650. The smallest absolute Gasteiger partial charge is 0.328 e. The van der Waals surface area contributed by atoms with Crippen molar-refractivity contribution in [1.82, 2.24) is 15.5 Å². The Morgan fingerprint density at radius 3 is 2.24 bits per heavy atom. The third-order valence-corrected chi connectivity index (χ3v) is 9.36. The van der Waals surface area contributed by atoms with E-state index in [1.807, 2.05) is 78.9 Å². The summed E-state index contributed by atoms with van der Waals surface area (Å²) in [6, 6.07) is 23.2. The summed E-state index contributed by atoms with van der Waals surface area (Å²) in [5.74, 6) is -1.70. The first-order valence-electron chi connectivity index (χ1n) is 17.3. The van der Waals surface area contributed by atoms with Crippen molar-refractivity contribution in [1.29, 1.82) is 0 Å². The molecular formula is C40H49ClN4O6. The molecule has 1 saturated heterocycles. The van der Waals surface area contributed by atoms with E-state index < -0.39 is 41.5 Å². The van der Waals surface area contributed by atoms with Crippen molar-refractivity contribution in [3.8, 4) is 0 Å². The van der Waals surface area contributed by atoms with Crippen LogP contribution in [-0.2, 0) is 48.1 Å². The van der Waals surface area contributed by atoms with Gasteiger partial charge in [-0.05, 0) is 68.9 Å². The van der Waals surface area contributed by atoms with Crippen LogP contribution in [-0.4, -0.2) is 72.5 Å². The number of hydrogen-bond acceptors (Lipinski definition) is 7. The Labute approximate surface area is 305 Å². The molecule has 51 heavy (non-hydrogen) atoms. The van der Waals surface area contributed by atoms with Crippen LogP contribution in [0.15, 0.2) is 97.1 Å². The van der Waals surface area contributed by atoms with E-state index in [9.17, 15) is 19.2 Å². The number of nitrogens with two attached hydrogens (primary N) is 1. The van der Waals surface area contributed by atoms with Gasteiger partial charge in [0.25, 0.3) is 0 Å². The fourth-order valence-corrected chi connectivity index (χ4v) is 6.34. The van der Waals surface area contributed by atoms with Gasteiger partial charge in [-0.1, -0.05) is 96.5 Å². The molecule has 11 heteroatoms. The molecule has 6 atom stereocenters. The van der Waals surface area contributed by atoms with Crippen molar-refractivity contribution >= 4 is 35.3 Å². The Morgan fingerprint density at radius 2 is 1.61 bits per heavy atom. The third kappa shape index (κ3) is 11.2. The highest BCUT2D eigenvalue weighted by molar-refractivity contribution is 6.30. The van der Waals surface area contributed by atoms with E-state index in [0.29, 0.717) is 18.0 Å². The lowest BCUT2D eigenvalue weighted by Crippen LogP contribution is -2.57. The summed E-state index contributed by atoms with van der Waals surface area (Å²) >= 11 is 6.32. The maximum absolute atomic E-state index is 14.2. The van der Waals surface area contributed by atoms with Crippen molar-refractivity contribution in [3.05, 3.63) is 119 Å². The summed E-state index contributed by atoms with van der Waals surface area (Å²) in [4.78, 5) is 55.8. The molecular weight excluding hydrogens is 668 g/mol. The van der Waals surface area contributed by atoms with Crippen LogP contribution in [0.5, 0.6) is 0 Å². The first kappa shape index (κ1) is 39.3. The molecule has 0 radical (unpaired) electrons. The highest BCUT2D eigenvalue weighted by Gasteiger charge is 2.39. The monoisotopic (exact) mass is 716 g/mol. The van der Waals surface area contributed by atoms with E-state index >= 15 is 0 Å². The number of hydrogen-bond donors (Lipinski definition) is 3. The molecule has 1 unspecified atom stereocenters. The summed E-state index contributed by atoms with van der Waals surface area (Å²) < 4.78 is 11.2. The molecule has 3 aromatic rings. The fourth-order valence-electron chi connectivity index (χ4n) is 6.13. The molecule has 3 aromatic carbocycles. The third-order valence-electron chi connectivity index (χ3n) is 9.12. The lowest BCUT2D eigenvalue weighted by molar-refractivity contribution is -0.146. The zero-order valence-electron chi connectivity index (χ0n) is 29.7. The van der Waals surface area contributed by atoms with Gasteiger partial charge in [0.05, 0.1) is 37.3 Å². The van der Waals surface area contributed by atoms with Gasteiger partial charge in [-0.3, -0.25) is 14.4 Å². The highest BCUT2D eigenvalue weighted by Crippen LogP contribution is 2.29. The standard InChI is InChI=1S/C40H49ClN4O6/c1-27(42)36(46)44-35(28(2)51-26-30-15-9-6-10-16-30)37(47)45-22-12-19-33(45)20-21-40(3,25-31-17-11-18-32(41)23-31)39(49)43-34(38(48)50-4)24-29-13-7-5-8-14-29/h5-11,13-18,20-21,23,27-28,33-35H,12,19,22,24-26,42H2,1-4H3,(H,43,49)(H,44,46)/b21-20+/t27-,28+,33?,34-,35-,40-/m0/s1. The van der Waals surface area contributed by atoms with Crippen molar-refractivity contribution < 1.29 is 28.7 Å². The molecule has 1 fully saturated rings. The molecule has 1 aliphatic rings. The number of rotatable bonds is 16. The molecule has 0 aliphatic carbocycles. The van der Waals surface area contributed by atoms with E-state index in [-0.39, 0.29) is 37.3 Å². The molecule has 1 aliphatic heterocycles. The van der Waals surface area contributed by atoms with Crippen LogP contribution in [0.4, 0.5) is 0 Å². The Balaban J connectivity index is 1.59. The van der Waals surface area contributed by atoms with Crippen LogP contribution in [0.2, 0.25) is 5.02 Å². The van der Waals surface area contributed by atoms with Crippen LogP contribution in [0, 0.1) is 5.41 Å². The van der Waals surface area contributed by atoms with E-state index in [0.717, 1.165) is 23.1 Å². The lowest BCUT2D eigenvalue weighted by Gasteiger charge is -2.32. The SMILES string of the molecule is COC(=O)[C@H](Cc1ccccc1)NC(=O)[C@@](C)(/C=C/C1CCCN1C(=O)[C@@H](NC(=O)[C@H](C)N)[C@@H](C)OCc1ccccc1)Cc1cccc(Cl)c1. The number of esters is 1. The van der Waals surface area contributed by atoms with Gasteiger partial charge in [-0.15, -0.1) is 0 Å². The summed E-state index contributed by atoms with van der Waals surface area (Å²) in [6.07, 6.45) is 4.92. The molecule has 10 nitrogen and oxygen atoms in total. The minimum Gasteiger partial charge on any atom is -0.467 e. The number of methoxy groups -OCH3 is 1. The van der Waals surface area contributed by atoms with Crippen LogP contribution >= 0.6 is 11.6 Å². The summed E-state index contributed by atoms with van der Waals surface area (Å²) in [5, 5.41) is 6.29.